The minimum Gasteiger partial charge on any atom is -0.348 e. The van der Waals surface area contributed by atoms with Crippen LogP contribution >= 0.6 is 11.6 Å². The fourth-order valence-electron chi connectivity index (χ4n) is 3.70. The van der Waals surface area contributed by atoms with Crippen molar-refractivity contribution in [2.45, 2.75) is 50.6 Å². The molecule has 2 aromatic rings. The first-order valence-corrected chi connectivity index (χ1v) is 10.7. The summed E-state index contributed by atoms with van der Waals surface area (Å²) in [5.41, 5.74) is 0.609. The third kappa shape index (κ3) is 5.22. The van der Waals surface area contributed by atoms with Gasteiger partial charge in [-0.05, 0) is 56.7 Å². The molecule has 0 unspecified atom stereocenters. The van der Waals surface area contributed by atoms with E-state index in [-0.39, 0.29) is 52.1 Å². The average molecular weight is 448 g/mol. The first-order valence-electron chi connectivity index (χ1n) is 10.3. The van der Waals surface area contributed by atoms with Crippen LogP contribution < -0.4 is 16.0 Å². The Balaban J connectivity index is 1.28. The fraction of sp³-hybridized carbons (Fsp3) is 0.429. The highest BCUT2D eigenvalue weighted by Crippen LogP contribution is 2.28. The van der Waals surface area contributed by atoms with Gasteiger partial charge in [-0.2, -0.15) is 0 Å². The van der Waals surface area contributed by atoms with Crippen LogP contribution in [0.4, 0.5) is 10.1 Å². The molecule has 0 radical (unpaired) electrons. The molecule has 2 aliphatic rings. The maximum atomic E-state index is 13.2. The highest BCUT2D eigenvalue weighted by Gasteiger charge is 2.30. The molecule has 0 spiro atoms. The van der Waals surface area contributed by atoms with Crippen molar-refractivity contribution >= 4 is 35.0 Å². The molecular weight excluding hydrogens is 425 g/mol. The molecule has 2 fully saturated rings. The number of hydrogen-bond acceptors (Lipinski definition) is 4. The maximum Gasteiger partial charge on any atom is 0.272 e. The largest absolute Gasteiger partial charge is 0.348 e. The molecule has 10 heteroatoms. The molecule has 2 aliphatic carbocycles. The van der Waals surface area contributed by atoms with E-state index in [9.17, 15) is 18.8 Å². The summed E-state index contributed by atoms with van der Waals surface area (Å²) in [4.78, 5) is 44.1. The molecule has 8 nitrogen and oxygen atoms in total. The summed E-state index contributed by atoms with van der Waals surface area (Å²) in [6, 6.07) is 3.89. The Hall–Kier alpha value is -2.94. The second-order valence-corrected chi connectivity index (χ2v) is 8.42. The zero-order valence-corrected chi connectivity index (χ0v) is 17.5. The number of carbonyl (C=O) groups is 3. The summed E-state index contributed by atoms with van der Waals surface area (Å²) >= 11 is 5.97. The Morgan fingerprint density at radius 1 is 1.00 bits per heavy atom. The molecular formula is C21H23ClFN5O3. The van der Waals surface area contributed by atoms with Crippen LogP contribution in [0.2, 0.25) is 5.02 Å². The second kappa shape index (κ2) is 9.05. The number of nitrogens with one attached hydrogen (secondary N) is 4. The zero-order chi connectivity index (χ0) is 22.0. The van der Waals surface area contributed by atoms with Crippen molar-refractivity contribution in [3.8, 4) is 0 Å². The van der Waals surface area contributed by atoms with Gasteiger partial charge in [-0.1, -0.05) is 11.6 Å². The van der Waals surface area contributed by atoms with Gasteiger partial charge in [-0.25, -0.2) is 9.37 Å². The Labute approximate surface area is 183 Å². The molecule has 0 atom stereocenters. The number of imidazole rings is 1. The number of benzene rings is 1. The van der Waals surface area contributed by atoms with Crippen molar-refractivity contribution in [1.29, 1.82) is 0 Å². The number of carbonyl (C=O) groups excluding carboxylic acids is 3. The summed E-state index contributed by atoms with van der Waals surface area (Å²) in [6.45, 7) is 0. The monoisotopic (exact) mass is 447 g/mol. The number of nitrogens with zero attached hydrogens (tertiary/aromatic N) is 1. The summed E-state index contributed by atoms with van der Waals surface area (Å²) in [6.07, 6.45) is 5.65. The minimum absolute atomic E-state index is 0.0913. The van der Waals surface area contributed by atoms with Gasteiger partial charge < -0.3 is 20.9 Å². The van der Waals surface area contributed by atoms with Gasteiger partial charge in [0, 0.05) is 18.0 Å². The lowest BCUT2D eigenvalue weighted by atomic mass is 9.85. The van der Waals surface area contributed by atoms with Crippen LogP contribution in [0.5, 0.6) is 0 Å². The van der Waals surface area contributed by atoms with Crippen LogP contribution in [-0.4, -0.2) is 39.8 Å². The molecule has 1 heterocycles. The Morgan fingerprint density at radius 3 is 2.29 bits per heavy atom. The maximum absolute atomic E-state index is 13.2. The van der Waals surface area contributed by atoms with Gasteiger partial charge >= 0.3 is 0 Å². The third-order valence-electron chi connectivity index (χ3n) is 5.62. The van der Waals surface area contributed by atoms with Crippen molar-refractivity contribution in [1.82, 2.24) is 20.6 Å². The standard InChI is InChI=1S/C21H23ClFN5O3/c22-15-9-12(23)3-8-16(15)28-19(29)11-1-4-13(5-2-11)26-20(30)17-18(25-10-24-17)21(31)27-14-6-7-14/h3,8-11,13-14H,1-2,4-7H2,(H,24,25)(H,26,30)(H,27,31)(H,28,29). The molecule has 0 saturated heterocycles. The van der Waals surface area contributed by atoms with E-state index >= 15 is 0 Å². The van der Waals surface area contributed by atoms with Crippen LogP contribution in [-0.2, 0) is 4.79 Å². The molecule has 4 N–H and O–H groups in total. The Kier molecular flexibility index (Phi) is 6.22. The molecule has 2 saturated carbocycles. The highest BCUT2D eigenvalue weighted by atomic mass is 35.5. The first kappa shape index (κ1) is 21.3. The number of amides is 3. The van der Waals surface area contributed by atoms with Crippen molar-refractivity contribution in [3.05, 3.63) is 46.8 Å². The number of aromatic nitrogens is 2. The Bertz CT molecular complexity index is 999. The molecule has 0 aliphatic heterocycles. The molecule has 1 aromatic heterocycles. The number of hydrogen-bond donors (Lipinski definition) is 4. The zero-order valence-electron chi connectivity index (χ0n) is 16.7. The van der Waals surface area contributed by atoms with Crippen molar-refractivity contribution in [2.75, 3.05) is 5.32 Å². The average Bonchev–Trinajstić information content (AvgIpc) is 3.41. The number of halogens is 2. The lowest BCUT2D eigenvalue weighted by molar-refractivity contribution is -0.120. The quantitative estimate of drug-likeness (QED) is 0.544. The van der Waals surface area contributed by atoms with Crippen LogP contribution in [0.1, 0.15) is 59.5 Å². The smallest absolute Gasteiger partial charge is 0.272 e. The van der Waals surface area contributed by atoms with E-state index in [1.807, 2.05) is 0 Å². The van der Waals surface area contributed by atoms with Crippen molar-refractivity contribution in [3.63, 3.8) is 0 Å². The van der Waals surface area contributed by atoms with E-state index in [0.717, 1.165) is 18.9 Å². The second-order valence-electron chi connectivity index (χ2n) is 8.01. The van der Waals surface area contributed by atoms with Gasteiger partial charge in [-0.3, -0.25) is 14.4 Å². The lowest BCUT2D eigenvalue weighted by Gasteiger charge is -2.28. The molecule has 31 heavy (non-hydrogen) atoms. The summed E-state index contributed by atoms with van der Waals surface area (Å²) in [5.74, 6) is -1.60. The van der Waals surface area contributed by atoms with Gasteiger partial charge in [-0.15, -0.1) is 0 Å². The van der Waals surface area contributed by atoms with Gasteiger partial charge in [0.15, 0.2) is 5.69 Å². The van der Waals surface area contributed by atoms with Crippen LogP contribution in [0.15, 0.2) is 24.5 Å². The van der Waals surface area contributed by atoms with E-state index < -0.39 is 5.82 Å². The van der Waals surface area contributed by atoms with Crippen molar-refractivity contribution in [2.24, 2.45) is 5.92 Å². The number of rotatable bonds is 6. The topological polar surface area (TPSA) is 116 Å². The van der Waals surface area contributed by atoms with E-state index in [1.54, 1.807) is 0 Å². The molecule has 3 amide bonds. The van der Waals surface area contributed by atoms with Crippen LogP contribution in [0, 0.1) is 11.7 Å². The molecule has 164 valence electrons. The molecule has 4 rings (SSSR count). The highest BCUT2D eigenvalue weighted by molar-refractivity contribution is 6.33. The summed E-state index contributed by atoms with van der Waals surface area (Å²) in [7, 11) is 0. The van der Waals surface area contributed by atoms with Gasteiger partial charge in [0.1, 0.15) is 11.5 Å². The van der Waals surface area contributed by atoms with E-state index in [2.05, 4.69) is 25.9 Å². The van der Waals surface area contributed by atoms with Gasteiger partial charge in [0.2, 0.25) is 5.91 Å². The molecule has 0 bridgehead atoms. The number of H-pyrrole nitrogens is 1. The van der Waals surface area contributed by atoms with Gasteiger partial charge in [0.25, 0.3) is 11.8 Å². The Morgan fingerprint density at radius 2 is 1.65 bits per heavy atom. The summed E-state index contributed by atoms with van der Waals surface area (Å²) in [5, 5.41) is 8.64. The predicted molar refractivity (Wildman–Crippen MR) is 112 cm³/mol. The number of anilines is 1. The minimum atomic E-state index is -0.468. The van der Waals surface area contributed by atoms with Crippen LogP contribution in [0.25, 0.3) is 0 Å². The predicted octanol–water partition coefficient (Wildman–Crippen LogP) is 3.02. The third-order valence-corrected chi connectivity index (χ3v) is 5.93. The first-order chi connectivity index (χ1) is 14.9. The SMILES string of the molecule is O=C(NC1CC1)c1nc[nH]c1C(=O)NC1CCC(C(=O)Nc2ccc(F)cc2Cl)CC1. The normalized spacial score (nSPS) is 20.7. The summed E-state index contributed by atoms with van der Waals surface area (Å²) < 4.78 is 13.2. The van der Waals surface area contributed by atoms with E-state index in [1.165, 1.54) is 18.5 Å². The van der Waals surface area contributed by atoms with E-state index in [4.69, 9.17) is 11.6 Å². The van der Waals surface area contributed by atoms with Gasteiger partial charge in [0.05, 0.1) is 17.0 Å². The molecule has 1 aromatic carbocycles. The number of aromatic amines is 1. The van der Waals surface area contributed by atoms with Crippen molar-refractivity contribution < 1.29 is 18.8 Å². The lowest BCUT2D eigenvalue weighted by Crippen LogP contribution is -2.40. The van der Waals surface area contributed by atoms with Crippen LogP contribution in [0.3, 0.4) is 0 Å². The van der Waals surface area contributed by atoms with E-state index in [0.29, 0.717) is 31.4 Å². The fourth-order valence-corrected chi connectivity index (χ4v) is 3.92.